The van der Waals surface area contributed by atoms with Gasteiger partial charge >= 0.3 is 29.6 Å². The Hall–Kier alpha value is -1.78. The van der Waals surface area contributed by atoms with Crippen LogP contribution in [0.15, 0.2) is 76.8 Å². The van der Waals surface area contributed by atoms with Gasteiger partial charge < -0.3 is 20.3 Å². The quantitative estimate of drug-likeness (QED) is 0.290. The maximum atomic E-state index is 12.6. The van der Waals surface area contributed by atoms with Crippen LogP contribution >= 0.6 is 11.6 Å². The smallest absolute Gasteiger partial charge is 0.545 e. The number of rotatable bonds is 9. The van der Waals surface area contributed by atoms with Crippen LogP contribution in [0.1, 0.15) is 27.6 Å². The van der Waals surface area contributed by atoms with Crippen LogP contribution in [0.25, 0.3) is 0 Å². The van der Waals surface area contributed by atoms with Crippen molar-refractivity contribution in [1.29, 1.82) is 0 Å². The zero-order valence-electron chi connectivity index (χ0n) is 17.4. The fourth-order valence-electron chi connectivity index (χ4n) is 2.92. The number of pyridine rings is 1. The first-order valence-corrected chi connectivity index (χ1v) is 11.3. The van der Waals surface area contributed by atoms with E-state index in [1.54, 1.807) is 36.4 Å². The predicted octanol–water partition coefficient (Wildman–Crippen LogP) is -1.20. The molecule has 0 saturated heterocycles. The molecule has 0 unspecified atom stereocenters. The van der Waals surface area contributed by atoms with Crippen molar-refractivity contribution in [3.63, 3.8) is 0 Å². The molecular formula is C22H20ClN2NaO5S. The van der Waals surface area contributed by atoms with Gasteiger partial charge in [0.05, 0.1) is 17.0 Å². The molecule has 2 N–H and O–H groups in total. The molecule has 0 aliphatic carbocycles. The number of carbonyl (C=O) groups is 1. The van der Waals surface area contributed by atoms with Gasteiger partial charge in [-0.25, -0.2) is 13.4 Å². The molecule has 7 nitrogen and oxygen atoms in total. The first kappa shape index (κ1) is 26.5. The largest absolute Gasteiger partial charge is 1.00 e. The fraction of sp³-hybridized carbons (Fsp3) is 0.182. The van der Waals surface area contributed by atoms with Crippen LogP contribution in [0, 0.1) is 0 Å². The zero-order chi connectivity index (χ0) is 22.4. The van der Waals surface area contributed by atoms with Crippen LogP contribution in [0.3, 0.4) is 0 Å². The number of carboxylic acid groups (broad SMARTS) is 1. The molecule has 0 bridgehead atoms. The third kappa shape index (κ3) is 6.86. The zero-order valence-corrected chi connectivity index (χ0v) is 20.9. The first-order chi connectivity index (χ1) is 14.8. The van der Waals surface area contributed by atoms with Crippen molar-refractivity contribution in [3.8, 4) is 0 Å². The molecule has 0 radical (unpaired) electrons. The van der Waals surface area contributed by atoms with Crippen LogP contribution in [-0.2, 0) is 16.3 Å². The van der Waals surface area contributed by atoms with E-state index in [-0.39, 0.29) is 45.0 Å². The van der Waals surface area contributed by atoms with Gasteiger partial charge in [0.1, 0.15) is 0 Å². The van der Waals surface area contributed by atoms with E-state index in [2.05, 4.69) is 10.3 Å². The van der Waals surface area contributed by atoms with Crippen molar-refractivity contribution >= 4 is 27.4 Å². The van der Waals surface area contributed by atoms with Crippen molar-refractivity contribution in [2.24, 2.45) is 0 Å². The standard InChI is InChI=1S/C22H21ClN2O5S.Na/c23-18-3-1-2-16(12-18)20(26)14-24-11-10-15-4-7-19(8-5-15)31(29,30)21-9-6-17(13-25-21)22(27)28;/h1-9,12-13,20,24,26H,10-11,14H2,(H,27,28);/q;+1/p-1/t20-;/m0./s1. The summed E-state index contributed by atoms with van der Waals surface area (Å²) < 4.78 is 25.3. The summed E-state index contributed by atoms with van der Waals surface area (Å²) in [4.78, 5) is 14.6. The summed E-state index contributed by atoms with van der Waals surface area (Å²) in [6, 6.07) is 15.7. The van der Waals surface area contributed by atoms with Gasteiger partial charge in [-0.1, -0.05) is 35.9 Å². The number of carbonyl (C=O) groups excluding carboxylic acids is 1. The molecule has 0 spiro atoms. The molecule has 3 rings (SSSR count). The summed E-state index contributed by atoms with van der Waals surface area (Å²) in [6.45, 7) is 0.955. The van der Waals surface area contributed by atoms with Gasteiger partial charge in [-0.2, -0.15) is 0 Å². The number of aromatic nitrogens is 1. The molecule has 1 heterocycles. The summed E-state index contributed by atoms with van der Waals surface area (Å²) in [5, 5.41) is 24.5. The Morgan fingerprint density at radius 1 is 1.12 bits per heavy atom. The third-order valence-corrected chi connectivity index (χ3v) is 6.56. The van der Waals surface area contributed by atoms with E-state index < -0.39 is 21.9 Å². The van der Waals surface area contributed by atoms with E-state index in [0.29, 0.717) is 24.5 Å². The number of aliphatic hydroxyl groups excluding tert-OH is 1. The molecule has 3 aromatic rings. The van der Waals surface area contributed by atoms with E-state index in [4.69, 9.17) is 11.6 Å². The van der Waals surface area contributed by atoms with Gasteiger partial charge in [-0.15, -0.1) is 0 Å². The van der Waals surface area contributed by atoms with E-state index in [1.165, 1.54) is 12.1 Å². The maximum Gasteiger partial charge on any atom is 1.00 e. The second-order valence-corrected chi connectivity index (χ2v) is 9.18. The Kier molecular flexibility index (Phi) is 9.84. The minimum Gasteiger partial charge on any atom is -0.545 e. The van der Waals surface area contributed by atoms with Crippen molar-refractivity contribution in [1.82, 2.24) is 10.3 Å². The van der Waals surface area contributed by atoms with Gasteiger partial charge in [0, 0.05) is 23.3 Å². The van der Waals surface area contributed by atoms with Gasteiger partial charge in [0.2, 0.25) is 9.84 Å². The average Bonchev–Trinajstić information content (AvgIpc) is 2.77. The van der Waals surface area contributed by atoms with Crippen molar-refractivity contribution in [2.45, 2.75) is 22.4 Å². The topological polar surface area (TPSA) is 119 Å². The van der Waals surface area contributed by atoms with E-state index in [1.807, 2.05) is 0 Å². The molecule has 0 fully saturated rings. The second-order valence-electron chi connectivity index (χ2n) is 6.84. The maximum absolute atomic E-state index is 12.6. The minimum absolute atomic E-state index is 0. The number of hydrogen-bond acceptors (Lipinski definition) is 7. The van der Waals surface area contributed by atoms with Gasteiger partial charge in [0.15, 0.2) is 5.03 Å². The predicted molar refractivity (Wildman–Crippen MR) is 113 cm³/mol. The molecule has 0 saturated carbocycles. The Morgan fingerprint density at radius 3 is 2.44 bits per heavy atom. The average molecular weight is 483 g/mol. The number of halogens is 1. The summed E-state index contributed by atoms with van der Waals surface area (Å²) in [7, 11) is -3.85. The summed E-state index contributed by atoms with van der Waals surface area (Å²) in [5.74, 6) is -1.42. The molecular weight excluding hydrogens is 463 g/mol. The summed E-state index contributed by atoms with van der Waals surface area (Å²) in [5.41, 5.74) is 1.46. The number of carboxylic acids is 1. The first-order valence-electron chi connectivity index (χ1n) is 9.43. The molecule has 1 atom stereocenters. The number of benzene rings is 2. The molecule has 2 aromatic carbocycles. The molecule has 32 heavy (non-hydrogen) atoms. The Bertz CT molecular complexity index is 1160. The molecule has 0 aliphatic heterocycles. The van der Waals surface area contributed by atoms with Crippen LogP contribution in [0.4, 0.5) is 0 Å². The minimum atomic E-state index is -3.85. The van der Waals surface area contributed by atoms with Crippen LogP contribution < -0.4 is 40.0 Å². The molecule has 1 aromatic heterocycles. The third-order valence-electron chi connectivity index (χ3n) is 4.64. The SMILES string of the molecule is O=C([O-])c1ccc(S(=O)(=O)c2ccc(CCNC[C@H](O)c3cccc(Cl)c3)cc2)nc1.[Na+]. The molecule has 0 amide bonds. The van der Waals surface area contributed by atoms with Crippen molar-refractivity contribution in [2.75, 3.05) is 13.1 Å². The number of nitrogens with one attached hydrogen (secondary N) is 1. The van der Waals surface area contributed by atoms with Gasteiger partial charge in [0.25, 0.3) is 0 Å². The van der Waals surface area contributed by atoms with Crippen molar-refractivity contribution in [3.05, 3.63) is 88.6 Å². The van der Waals surface area contributed by atoms with Crippen LogP contribution in [0.2, 0.25) is 5.02 Å². The summed E-state index contributed by atoms with van der Waals surface area (Å²) in [6.07, 6.45) is 0.920. The monoisotopic (exact) mass is 482 g/mol. The number of nitrogens with zero attached hydrogens (tertiary/aromatic N) is 1. The van der Waals surface area contributed by atoms with Crippen LogP contribution in [0.5, 0.6) is 0 Å². The second kappa shape index (κ2) is 11.9. The number of hydrogen-bond donors (Lipinski definition) is 2. The van der Waals surface area contributed by atoms with Crippen LogP contribution in [-0.4, -0.2) is 37.6 Å². The van der Waals surface area contributed by atoms with E-state index >= 15 is 0 Å². The van der Waals surface area contributed by atoms with Gasteiger partial charge in [-0.3, -0.25) is 0 Å². The fourth-order valence-corrected chi connectivity index (χ4v) is 4.29. The van der Waals surface area contributed by atoms with E-state index in [0.717, 1.165) is 29.5 Å². The summed E-state index contributed by atoms with van der Waals surface area (Å²) >= 11 is 5.93. The number of aromatic carboxylic acids is 1. The van der Waals surface area contributed by atoms with E-state index in [9.17, 15) is 23.4 Å². The molecule has 0 aliphatic rings. The number of sulfone groups is 1. The Balaban J connectivity index is 0.00000363. The van der Waals surface area contributed by atoms with Crippen molar-refractivity contribution < 1.29 is 53.0 Å². The van der Waals surface area contributed by atoms with Gasteiger partial charge in [-0.05, 0) is 60.5 Å². The molecule has 162 valence electrons. The number of aliphatic hydroxyl groups is 1. The Morgan fingerprint density at radius 2 is 1.84 bits per heavy atom. The Labute approximate surface area is 213 Å². The molecule has 10 heteroatoms. The normalized spacial score (nSPS) is 12.1.